The lowest BCUT2D eigenvalue weighted by molar-refractivity contribution is -0.137. The van der Waals surface area contributed by atoms with E-state index >= 15 is 0 Å². The molecule has 2 aromatic heterocycles. The number of halogens is 3. The Hall–Kier alpha value is -1.41. The number of rotatable bonds is 3. The van der Waals surface area contributed by atoms with E-state index < -0.39 is 11.2 Å². The van der Waals surface area contributed by atoms with Gasteiger partial charge < -0.3 is 5.32 Å². The number of aryl methyl sites for hydroxylation is 2. The lowest BCUT2D eigenvalue weighted by Crippen LogP contribution is -2.18. The van der Waals surface area contributed by atoms with Crippen LogP contribution in [0.5, 0.6) is 0 Å². The first-order chi connectivity index (χ1) is 9.25. The number of hydrogen-bond acceptors (Lipinski definition) is 4. The topological polar surface area (TPSA) is 42.7 Å². The zero-order valence-electron chi connectivity index (χ0n) is 11.5. The van der Waals surface area contributed by atoms with Gasteiger partial charge in [0.25, 0.3) is 0 Å². The van der Waals surface area contributed by atoms with E-state index in [0.717, 1.165) is 17.0 Å². The van der Waals surface area contributed by atoms with Crippen LogP contribution in [0.2, 0.25) is 0 Å². The minimum absolute atomic E-state index is 0.336. The Morgan fingerprint density at radius 3 is 2.40 bits per heavy atom. The van der Waals surface area contributed by atoms with Gasteiger partial charge in [-0.2, -0.15) is 18.3 Å². The second kappa shape index (κ2) is 5.17. The first-order valence-corrected chi connectivity index (χ1v) is 6.77. The predicted octanol–water partition coefficient (Wildman–Crippen LogP) is 2.82. The van der Waals surface area contributed by atoms with Crippen LogP contribution in [0.25, 0.3) is 0 Å². The highest BCUT2D eigenvalue weighted by Crippen LogP contribution is 2.37. The maximum absolute atomic E-state index is 12.6. The van der Waals surface area contributed by atoms with Crippen LogP contribution in [-0.4, -0.2) is 21.8 Å². The van der Waals surface area contributed by atoms with Gasteiger partial charge in [0, 0.05) is 29.4 Å². The van der Waals surface area contributed by atoms with E-state index in [2.05, 4.69) is 15.4 Å². The number of nitrogens with zero attached hydrogens (tertiary/aromatic N) is 3. The summed E-state index contributed by atoms with van der Waals surface area (Å²) in [6.45, 7) is 3.74. The zero-order valence-corrected chi connectivity index (χ0v) is 12.4. The van der Waals surface area contributed by atoms with E-state index in [1.165, 1.54) is 6.20 Å². The van der Waals surface area contributed by atoms with E-state index in [1.807, 2.05) is 20.9 Å². The summed E-state index contributed by atoms with van der Waals surface area (Å²) in [7, 11) is 3.52. The van der Waals surface area contributed by atoms with Crippen molar-refractivity contribution >= 4 is 11.3 Å². The van der Waals surface area contributed by atoms with Crippen molar-refractivity contribution in [3.8, 4) is 0 Å². The van der Waals surface area contributed by atoms with Crippen LogP contribution in [0, 0.1) is 13.8 Å². The zero-order chi connectivity index (χ0) is 15.1. The molecule has 110 valence electrons. The van der Waals surface area contributed by atoms with Crippen molar-refractivity contribution in [2.75, 3.05) is 7.05 Å². The molecule has 8 heteroatoms. The fourth-order valence-corrected chi connectivity index (χ4v) is 3.09. The maximum atomic E-state index is 12.6. The molecular weight excluding hydrogens is 289 g/mol. The third kappa shape index (κ3) is 2.57. The second-order valence-corrected chi connectivity index (χ2v) is 5.56. The Morgan fingerprint density at radius 2 is 2.00 bits per heavy atom. The van der Waals surface area contributed by atoms with E-state index in [-0.39, 0.29) is 6.04 Å². The quantitative estimate of drug-likeness (QED) is 0.948. The van der Waals surface area contributed by atoms with Crippen LogP contribution in [0.4, 0.5) is 13.2 Å². The first-order valence-electron chi connectivity index (χ1n) is 5.96. The SMILES string of the molecule is CNC(c1cnc(C(F)(F)F)s1)c1c(C)nn(C)c1C. The third-order valence-electron chi connectivity index (χ3n) is 3.19. The van der Waals surface area contributed by atoms with Crippen molar-refractivity contribution in [1.82, 2.24) is 20.1 Å². The standard InChI is InChI=1S/C12H15F3N4S/c1-6-9(7(2)19(4)18-6)10(16-3)8-5-17-11(20-8)12(13,14)15/h5,10,16H,1-4H3. The summed E-state index contributed by atoms with van der Waals surface area (Å²) < 4.78 is 39.7. The molecule has 0 aliphatic heterocycles. The molecule has 0 fully saturated rings. The van der Waals surface area contributed by atoms with Gasteiger partial charge in [0.05, 0.1) is 11.7 Å². The highest BCUT2D eigenvalue weighted by Gasteiger charge is 2.35. The molecular formula is C12H15F3N4S. The molecule has 0 saturated carbocycles. The average Bonchev–Trinajstić information content (AvgIpc) is 2.91. The van der Waals surface area contributed by atoms with Gasteiger partial charge >= 0.3 is 6.18 Å². The summed E-state index contributed by atoms with van der Waals surface area (Å²) in [4.78, 5) is 4.00. The average molecular weight is 304 g/mol. The minimum atomic E-state index is -4.40. The molecule has 0 bridgehead atoms. The molecule has 0 saturated heterocycles. The summed E-state index contributed by atoms with van der Waals surface area (Å²) in [6.07, 6.45) is -3.12. The molecule has 1 unspecified atom stereocenters. The first kappa shape index (κ1) is 15.0. The van der Waals surface area contributed by atoms with Crippen molar-refractivity contribution in [3.05, 3.63) is 33.0 Å². The van der Waals surface area contributed by atoms with Gasteiger partial charge in [0.1, 0.15) is 0 Å². The van der Waals surface area contributed by atoms with Gasteiger partial charge in [-0.1, -0.05) is 0 Å². The molecule has 2 aromatic rings. The molecule has 0 spiro atoms. The van der Waals surface area contributed by atoms with Crippen LogP contribution in [0.1, 0.15) is 32.9 Å². The van der Waals surface area contributed by atoms with Crippen molar-refractivity contribution in [2.24, 2.45) is 7.05 Å². The maximum Gasteiger partial charge on any atom is 0.443 e. The predicted molar refractivity (Wildman–Crippen MR) is 70.7 cm³/mol. The van der Waals surface area contributed by atoms with Crippen molar-refractivity contribution in [2.45, 2.75) is 26.1 Å². The third-order valence-corrected chi connectivity index (χ3v) is 4.30. The summed E-state index contributed by atoms with van der Waals surface area (Å²) in [5.74, 6) is 0. The van der Waals surface area contributed by atoms with Crippen molar-refractivity contribution in [3.63, 3.8) is 0 Å². The molecule has 0 aliphatic carbocycles. The Balaban J connectivity index is 2.45. The smallest absolute Gasteiger partial charge is 0.308 e. The van der Waals surface area contributed by atoms with E-state index in [4.69, 9.17) is 0 Å². The number of aromatic nitrogens is 3. The Morgan fingerprint density at radius 1 is 1.35 bits per heavy atom. The number of nitrogens with one attached hydrogen (secondary N) is 1. The van der Waals surface area contributed by atoms with E-state index in [9.17, 15) is 13.2 Å². The Labute approximate surface area is 118 Å². The van der Waals surface area contributed by atoms with Crippen molar-refractivity contribution in [1.29, 1.82) is 0 Å². The van der Waals surface area contributed by atoms with Crippen LogP contribution in [0.3, 0.4) is 0 Å². The minimum Gasteiger partial charge on any atom is -0.308 e. The van der Waals surface area contributed by atoms with Crippen LogP contribution in [-0.2, 0) is 13.2 Å². The molecule has 4 nitrogen and oxygen atoms in total. The van der Waals surface area contributed by atoms with Crippen LogP contribution < -0.4 is 5.32 Å². The Bertz CT molecular complexity index is 615. The molecule has 20 heavy (non-hydrogen) atoms. The lowest BCUT2D eigenvalue weighted by Gasteiger charge is -2.15. The number of alkyl halides is 3. The van der Waals surface area contributed by atoms with Gasteiger partial charge in [0.2, 0.25) is 0 Å². The molecule has 0 aliphatic rings. The van der Waals surface area contributed by atoms with Crippen LogP contribution >= 0.6 is 11.3 Å². The molecule has 0 amide bonds. The largest absolute Gasteiger partial charge is 0.443 e. The lowest BCUT2D eigenvalue weighted by atomic mass is 10.0. The molecule has 2 rings (SSSR count). The fraction of sp³-hybridized carbons (Fsp3) is 0.500. The normalized spacial score (nSPS) is 13.8. The number of hydrogen-bond donors (Lipinski definition) is 1. The summed E-state index contributed by atoms with van der Waals surface area (Å²) in [5.41, 5.74) is 2.61. The molecule has 0 radical (unpaired) electrons. The van der Waals surface area contributed by atoms with Crippen molar-refractivity contribution < 1.29 is 13.2 Å². The van der Waals surface area contributed by atoms with Gasteiger partial charge in [-0.3, -0.25) is 4.68 Å². The summed E-state index contributed by atoms with van der Waals surface area (Å²) in [5, 5.41) is 6.52. The monoisotopic (exact) mass is 304 g/mol. The van der Waals surface area contributed by atoms with E-state index in [1.54, 1.807) is 11.7 Å². The molecule has 2 heterocycles. The summed E-state index contributed by atoms with van der Waals surface area (Å²) in [6, 6.07) is -0.336. The highest BCUT2D eigenvalue weighted by molar-refractivity contribution is 7.11. The molecule has 1 N–H and O–H groups in total. The van der Waals surface area contributed by atoms with Gasteiger partial charge in [-0.05, 0) is 20.9 Å². The van der Waals surface area contributed by atoms with Crippen LogP contribution in [0.15, 0.2) is 6.20 Å². The van der Waals surface area contributed by atoms with E-state index in [0.29, 0.717) is 16.2 Å². The van der Waals surface area contributed by atoms with Gasteiger partial charge in [-0.15, -0.1) is 11.3 Å². The second-order valence-electron chi connectivity index (χ2n) is 4.50. The molecule has 0 aromatic carbocycles. The summed E-state index contributed by atoms with van der Waals surface area (Å²) >= 11 is 0.658. The van der Waals surface area contributed by atoms with Gasteiger partial charge in [-0.25, -0.2) is 4.98 Å². The van der Waals surface area contributed by atoms with Gasteiger partial charge in [0.15, 0.2) is 5.01 Å². The Kier molecular flexibility index (Phi) is 3.88. The fourth-order valence-electron chi connectivity index (χ4n) is 2.19. The highest BCUT2D eigenvalue weighted by atomic mass is 32.1. The molecule has 1 atom stereocenters. The number of thiazole rings is 1.